The molecule has 2 aliphatic heterocycles. The fourth-order valence-corrected chi connectivity index (χ4v) is 5.91. The van der Waals surface area contributed by atoms with Gasteiger partial charge in [0.2, 0.25) is 0 Å². The van der Waals surface area contributed by atoms with E-state index in [0.717, 1.165) is 37.4 Å². The van der Waals surface area contributed by atoms with E-state index >= 15 is 0 Å². The van der Waals surface area contributed by atoms with E-state index in [9.17, 15) is 4.79 Å². The number of nitrogens with zero attached hydrogens (tertiary/aromatic N) is 4. The molecule has 0 spiro atoms. The third-order valence-corrected chi connectivity index (χ3v) is 8.42. The molecule has 3 aliphatic rings. The number of hydrogen-bond donors (Lipinski definition) is 1. The molecule has 7 heteroatoms. The van der Waals surface area contributed by atoms with Crippen molar-refractivity contribution in [3.05, 3.63) is 78.1 Å². The molecular formula is C30H37N5O2. The number of ether oxygens (including phenoxy) is 1. The summed E-state index contributed by atoms with van der Waals surface area (Å²) in [6, 6.07) is 19.1. The fourth-order valence-electron chi connectivity index (χ4n) is 5.91. The van der Waals surface area contributed by atoms with E-state index in [0.29, 0.717) is 36.3 Å². The molecule has 194 valence electrons. The molecule has 3 atom stereocenters. The lowest BCUT2D eigenvalue weighted by atomic mass is 9.96. The Hall–Kier alpha value is -3.16. The molecule has 1 aliphatic carbocycles. The van der Waals surface area contributed by atoms with Crippen molar-refractivity contribution in [1.82, 2.24) is 14.7 Å². The van der Waals surface area contributed by atoms with Crippen LogP contribution in [0, 0.1) is 5.92 Å². The van der Waals surface area contributed by atoms with E-state index < -0.39 is 0 Å². The second-order valence-corrected chi connectivity index (χ2v) is 10.9. The van der Waals surface area contributed by atoms with Crippen LogP contribution in [0.1, 0.15) is 48.5 Å². The number of likely N-dealkylation sites (tertiary alicyclic amines) is 1. The SMILES string of the molecule is CC(Cn1cccn1)N1C[C@H]2CCN(c3ccc(NC(=O)c4ccc(COC5CCC5)cc4)cc3)[C@H]2C1. The average molecular weight is 500 g/mol. The first-order valence-electron chi connectivity index (χ1n) is 13.7. The summed E-state index contributed by atoms with van der Waals surface area (Å²) in [6.45, 7) is 7.20. The lowest BCUT2D eigenvalue weighted by Crippen LogP contribution is -2.39. The van der Waals surface area contributed by atoms with Crippen molar-refractivity contribution in [3.63, 3.8) is 0 Å². The van der Waals surface area contributed by atoms with Crippen LogP contribution in [0.25, 0.3) is 0 Å². The van der Waals surface area contributed by atoms with E-state index in [2.05, 4.69) is 39.3 Å². The molecule has 2 saturated heterocycles. The van der Waals surface area contributed by atoms with Crippen molar-refractivity contribution < 1.29 is 9.53 Å². The lowest BCUT2D eigenvalue weighted by molar-refractivity contribution is -0.00866. The van der Waals surface area contributed by atoms with E-state index in [4.69, 9.17) is 4.74 Å². The van der Waals surface area contributed by atoms with Crippen LogP contribution in [-0.2, 0) is 17.9 Å². The topological polar surface area (TPSA) is 62.6 Å². The molecule has 1 aromatic heterocycles. The van der Waals surface area contributed by atoms with Crippen LogP contribution in [-0.4, -0.2) is 58.4 Å². The molecule has 6 rings (SSSR count). The van der Waals surface area contributed by atoms with Crippen LogP contribution in [0.4, 0.5) is 11.4 Å². The summed E-state index contributed by atoms with van der Waals surface area (Å²) in [5.41, 5.74) is 3.83. The highest BCUT2D eigenvalue weighted by molar-refractivity contribution is 6.04. The molecule has 3 heterocycles. The molecule has 3 aromatic rings. The van der Waals surface area contributed by atoms with E-state index in [1.165, 1.54) is 31.4 Å². The van der Waals surface area contributed by atoms with Gasteiger partial charge in [-0.25, -0.2) is 0 Å². The largest absolute Gasteiger partial charge is 0.374 e. The van der Waals surface area contributed by atoms with Crippen LogP contribution in [0.3, 0.4) is 0 Å². The Morgan fingerprint density at radius 3 is 2.59 bits per heavy atom. The van der Waals surface area contributed by atoms with Crippen LogP contribution < -0.4 is 10.2 Å². The molecule has 7 nitrogen and oxygen atoms in total. The summed E-state index contributed by atoms with van der Waals surface area (Å²) in [5, 5.41) is 7.42. The monoisotopic (exact) mass is 499 g/mol. The molecule has 0 bridgehead atoms. The second-order valence-electron chi connectivity index (χ2n) is 10.9. The van der Waals surface area contributed by atoms with Gasteiger partial charge in [-0.15, -0.1) is 0 Å². The number of anilines is 2. The predicted octanol–water partition coefficient (Wildman–Crippen LogP) is 4.80. The van der Waals surface area contributed by atoms with Crippen LogP contribution in [0.5, 0.6) is 0 Å². The minimum Gasteiger partial charge on any atom is -0.374 e. The smallest absolute Gasteiger partial charge is 0.255 e. The van der Waals surface area contributed by atoms with Crippen molar-refractivity contribution >= 4 is 17.3 Å². The van der Waals surface area contributed by atoms with Crippen molar-refractivity contribution in [2.75, 3.05) is 29.9 Å². The number of aromatic nitrogens is 2. The molecule has 1 unspecified atom stereocenters. The number of amides is 1. The van der Waals surface area contributed by atoms with Gasteiger partial charge in [0, 0.05) is 61.0 Å². The van der Waals surface area contributed by atoms with Gasteiger partial charge in [-0.3, -0.25) is 14.4 Å². The number of carbonyl (C=O) groups excluding carboxylic acids is 1. The Morgan fingerprint density at radius 1 is 1.08 bits per heavy atom. The number of nitrogens with one attached hydrogen (secondary N) is 1. The molecular weight excluding hydrogens is 462 g/mol. The maximum absolute atomic E-state index is 12.8. The third kappa shape index (κ3) is 5.43. The summed E-state index contributed by atoms with van der Waals surface area (Å²) in [4.78, 5) is 18.0. The lowest BCUT2D eigenvalue weighted by Gasteiger charge is -2.29. The average Bonchev–Trinajstić information content (AvgIpc) is 3.62. The van der Waals surface area contributed by atoms with Gasteiger partial charge in [0.25, 0.3) is 5.91 Å². The van der Waals surface area contributed by atoms with E-state index in [1.807, 2.05) is 59.5 Å². The summed E-state index contributed by atoms with van der Waals surface area (Å²) in [6.07, 6.45) is 9.15. The van der Waals surface area contributed by atoms with Crippen LogP contribution in [0.15, 0.2) is 67.0 Å². The first-order valence-corrected chi connectivity index (χ1v) is 13.7. The summed E-state index contributed by atoms with van der Waals surface area (Å²) in [7, 11) is 0. The number of carbonyl (C=O) groups is 1. The van der Waals surface area contributed by atoms with Crippen molar-refractivity contribution in [2.24, 2.45) is 5.92 Å². The summed E-state index contributed by atoms with van der Waals surface area (Å²) >= 11 is 0. The summed E-state index contributed by atoms with van der Waals surface area (Å²) < 4.78 is 7.90. The molecule has 1 N–H and O–H groups in total. The Kier molecular flexibility index (Phi) is 6.98. The zero-order valence-corrected chi connectivity index (χ0v) is 21.6. The van der Waals surface area contributed by atoms with E-state index in [-0.39, 0.29) is 5.91 Å². The standard InChI is InChI=1S/C30H37N5O2/c1-22(18-34-16-3-15-31-34)33-19-25-14-17-35(29(25)20-33)27-12-10-26(11-13-27)32-30(36)24-8-6-23(7-9-24)21-37-28-4-2-5-28/h3,6-13,15-16,22,25,28-29H,2,4-5,14,17-21H2,1H3,(H,32,36)/t22?,25-,29+/m1/s1. The highest BCUT2D eigenvalue weighted by Gasteiger charge is 2.42. The van der Waals surface area contributed by atoms with Gasteiger partial charge in [0.1, 0.15) is 0 Å². The van der Waals surface area contributed by atoms with Gasteiger partial charge in [-0.05, 0) is 86.6 Å². The number of rotatable bonds is 9. The predicted molar refractivity (Wildman–Crippen MR) is 146 cm³/mol. The highest BCUT2D eigenvalue weighted by Crippen LogP contribution is 2.36. The molecule has 3 fully saturated rings. The van der Waals surface area contributed by atoms with Crippen LogP contribution >= 0.6 is 0 Å². The number of hydrogen-bond acceptors (Lipinski definition) is 5. The maximum Gasteiger partial charge on any atom is 0.255 e. The Bertz CT molecular complexity index is 1170. The molecule has 2 aromatic carbocycles. The van der Waals surface area contributed by atoms with Crippen LogP contribution in [0.2, 0.25) is 0 Å². The Morgan fingerprint density at radius 2 is 1.89 bits per heavy atom. The van der Waals surface area contributed by atoms with E-state index in [1.54, 1.807) is 0 Å². The zero-order valence-electron chi connectivity index (χ0n) is 21.6. The quantitative estimate of drug-likeness (QED) is 0.458. The van der Waals surface area contributed by atoms with Crippen molar-refractivity contribution in [2.45, 2.75) is 63.9 Å². The zero-order chi connectivity index (χ0) is 25.2. The first kappa shape index (κ1) is 24.2. The Labute approximate surface area is 219 Å². The molecule has 1 amide bonds. The van der Waals surface area contributed by atoms with Gasteiger partial charge < -0.3 is 15.0 Å². The molecule has 0 radical (unpaired) electrons. The minimum absolute atomic E-state index is 0.0851. The van der Waals surface area contributed by atoms with Crippen molar-refractivity contribution in [3.8, 4) is 0 Å². The number of fused-ring (bicyclic) bond motifs is 1. The Balaban J connectivity index is 1.02. The fraction of sp³-hybridized carbons (Fsp3) is 0.467. The summed E-state index contributed by atoms with van der Waals surface area (Å²) in [5.74, 6) is 0.625. The van der Waals surface area contributed by atoms with Gasteiger partial charge in [-0.1, -0.05) is 12.1 Å². The molecule has 37 heavy (non-hydrogen) atoms. The van der Waals surface area contributed by atoms with Gasteiger partial charge in [-0.2, -0.15) is 5.10 Å². The second kappa shape index (κ2) is 10.7. The normalized spacial score (nSPS) is 22.6. The van der Waals surface area contributed by atoms with Gasteiger partial charge in [0.05, 0.1) is 19.3 Å². The molecule has 1 saturated carbocycles. The van der Waals surface area contributed by atoms with Gasteiger partial charge in [0.15, 0.2) is 0 Å². The minimum atomic E-state index is -0.0851. The third-order valence-electron chi connectivity index (χ3n) is 8.42. The highest BCUT2D eigenvalue weighted by atomic mass is 16.5. The number of benzene rings is 2. The maximum atomic E-state index is 12.8. The first-order chi connectivity index (χ1) is 18.1. The van der Waals surface area contributed by atoms with Crippen molar-refractivity contribution in [1.29, 1.82) is 0 Å². The van der Waals surface area contributed by atoms with Gasteiger partial charge >= 0.3 is 0 Å².